The van der Waals surface area contributed by atoms with E-state index in [0.717, 1.165) is 18.4 Å². The molecule has 0 bridgehead atoms. The van der Waals surface area contributed by atoms with E-state index in [1.165, 1.54) is 23.9 Å². The molecule has 1 saturated carbocycles. The van der Waals surface area contributed by atoms with Crippen molar-refractivity contribution in [3.63, 3.8) is 0 Å². The minimum atomic E-state index is -0.286. The predicted octanol–water partition coefficient (Wildman–Crippen LogP) is 2.41. The number of hydrogen-bond acceptors (Lipinski definition) is 5. The molecule has 2 heterocycles. The van der Waals surface area contributed by atoms with Crippen LogP contribution in [0.2, 0.25) is 0 Å². The maximum atomic E-state index is 12.2. The zero-order chi connectivity index (χ0) is 14.8. The van der Waals surface area contributed by atoms with E-state index in [-0.39, 0.29) is 11.9 Å². The van der Waals surface area contributed by atoms with Crippen LogP contribution in [0.5, 0.6) is 0 Å². The summed E-state index contributed by atoms with van der Waals surface area (Å²) in [6, 6.07) is 0.154. The Kier molecular flexibility index (Phi) is 3.72. The van der Waals surface area contributed by atoms with Gasteiger partial charge >= 0.3 is 6.01 Å². The Hall–Kier alpha value is -2.18. The van der Waals surface area contributed by atoms with Crippen LogP contribution < -0.4 is 5.32 Å². The van der Waals surface area contributed by atoms with Gasteiger partial charge in [-0.15, -0.1) is 5.10 Å². The van der Waals surface area contributed by atoms with Crippen LogP contribution >= 0.6 is 0 Å². The van der Waals surface area contributed by atoms with Crippen LogP contribution in [-0.2, 0) is 7.05 Å². The molecule has 1 fully saturated rings. The van der Waals surface area contributed by atoms with Crippen LogP contribution in [0.15, 0.2) is 10.6 Å². The molecule has 0 unspecified atom stereocenters. The number of amides is 1. The van der Waals surface area contributed by atoms with Gasteiger partial charge in [0, 0.05) is 13.0 Å². The van der Waals surface area contributed by atoms with Gasteiger partial charge in [0.1, 0.15) is 5.69 Å². The lowest BCUT2D eigenvalue weighted by atomic mass is 9.89. The first-order valence-corrected chi connectivity index (χ1v) is 7.28. The molecule has 2 aromatic heterocycles. The van der Waals surface area contributed by atoms with Crippen molar-refractivity contribution >= 4 is 11.9 Å². The molecule has 0 aromatic carbocycles. The molecule has 1 amide bonds. The highest BCUT2D eigenvalue weighted by Gasteiger charge is 2.22. The highest BCUT2D eigenvalue weighted by molar-refractivity contribution is 6.02. The first-order chi connectivity index (χ1) is 10.1. The Labute approximate surface area is 122 Å². The van der Waals surface area contributed by atoms with Crippen molar-refractivity contribution in [2.24, 2.45) is 7.05 Å². The lowest BCUT2D eigenvalue weighted by molar-refractivity contribution is 0.101. The number of aryl methyl sites for hydroxylation is 2. The van der Waals surface area contributed by atoms with E-state index < -0.39 is 0 Å². The molecule has 0 spiro atoms. The molecule has 3 rings (SSSR count). The summed E-state index contributed by atoms with van der Waals surface area (Å²) in [6.07, 6.45) is 7.48. The van der Waals surface area contributed by atoms with Crippen molar-refractivity contribution in [1.29, 1.82) is 0 Å². The van der Waals surface area contributed by atoms with Crippen LogP contribution in [0.4, 0.5) is 6.01 Å². The summed E-state index contributed by atoms with van der Waals surface area (Å²) in [6.45, 7) is 1.84. The minimum absolute atomic E-state index is 0.154. The zero-order valence-electron chi connectivity index (χ0n) is 12.3. The standard InChI is InChI=1S/C14H19N5O2/c1-9-8-15-19(2)11(9)12(20)16-14-18-17-13(21-14)10-6-4-3-5-7-10/h8,10H,3-7H2,1-2H3,(H,16,18,20). The van der Waals surface area contributed by atoms with Crippen molar-refractivity contribution in [3.05, 3.63) is 23.3 Å². The second-order valence-electron chi connectivity index (χ2n) is 5.53. The first-order valence-electron chi connectivity index (χ1n) is 7.28. The van der Waals surface area contributed by atoms with Gasteiger partial charge in [0.25, 0.3) is 5.91 Å². The lowest BCUT2D eigenvalue weighted by Crippen LogP contribution is -2.17. The number of anilines is 1. The molecule has 0 saturated heterocycles. The van der Waals surface area contributed by atoms with Gasteiger partial charge in [0.15, 0.2) is 0 Å². The predicted molar refractivity (Wildman–Crippen MR) is 76.0 cm³/mol. The number of nitrogens with zero attached hydrogens (tertiary/aromatic N) is 4. The Morgan fingerprint density at radius 3 is 2.76 bits per heavy atom. The van der Waals surface area contributed by atoms with E-state index in [4.69, 9.17) is 4.42 Å². The van der Waals surface area contributed by atoms with Crippen LogP contribution in [-0.4, -0.2) is 25.9 Å². The summed E-state index contributed by atoms with van der Waals surface area (Å²) in [5.74, 6) is 0.674. The quantitative estimate of drug-likeness (QED) is 0.937. The molecule has 112 valence electrons. The molecule has 0 atom stereocenters. The summed E-state index contributed by atoms with van der Waals surface area (Å²) in [5.41, 5.74) is 1.30. The van der Waals surface area contributed by atoms with E-state index in [0.29, 0.717) is 17.5 Å². The van der Waals surface area contributed by atoms with Crippen molar-refractivity contribution in [1.82, 2.24) is 20.0 Å². The summed E-state index contributed by atoms with van der Waals surface area (Å²) in [7, 11) is 1.73. The maximum Gasteiger partial charge on any atom is 0.322 e. The first kappa shape index (κ1) is 13.8. The Bertz CT molecular complexity index is 620. The van der Waals surface area contributed by atoms with Crippen molar-refractivity contribution in [2.75, 3.05) is 5.32 Å². The fourth-order valence-electron chi connectivity index (χ4n) is 2.83. The number of aromatic nitrogens is 4. The molecule has 1 aliphatic rings. The van der Waals surface area contributed by atoms with Crippen molar-refractivity contribution in [3.8, 4) is 0 Å². The molecule has 7 nitrogen and oxygen atoms in total. The van der Waals surface area contributed by atoms with Crippen LogP contribution in [0.25, 0.3) is 0 Å². The number of rotatable bonds is 3. The Balaban J connectivity index is 1.71. The normalized spacial score (nSPS) is 16.1. The summed E-state index contributed by atoms with van der Waals surface area (Å²) in [4.78, 5) is 12.2. The Morgan fingerprint density at radius 2 is 2.10 bits per heavy atom. The van der Waals surface area contributed by atoms with E-state index >= 15 is 0 Å². The molecular formula is C14H19N5O2. The number of carbonyl (C=O) groups is 1. The second-order valence-corrected chi connectivity index (χ2v) is 5.53. The Morgan fingerprint density at radius 1 is 1.33 bits per heavy atom. The van der Waals surface area contributed by atoms with Crippen molar-refractivity contribution < 1.29 is 9.21 Å². The molecule has 1 N–H and O–H groups in total. The van der Waals surface area contributed by atoms with Gasteiger partial charge in [-0.05, 0) is 25.3 Å². The van der Waals surface area contributed by atoms with Crippen molar-refractivity contribution in [2.45, 2.75) is 44.9 Å². The van der Waals surface area contributed by atoms with E-state index in [1.807, 2.05) is 6.92 Å². The van der Waals surface area contributed by atoms with E-state index in [9.17, 15) is 4.79 Å². The van der Waals surface area contributed by atoms with Gasteiger partial charge < -0.3 is 4.42 Å². The van der Waals surface area contributed by atoms with Gasteiger partial charge in [-0.25, -0.2) is 0 Å². The smallest absolute Gasteiger partial charge is 0.322 e. The fourth-order valence-corrected chi connectivity index (χ4v) is 2.83. The highest BCUT2D eigenvalue weighted by Crippen LogP contribution is 2.32. The van der Waals surface area contributed by atoms with Crippen LogP contribution in [0.3, 0.4) is 0 Å². The number of nitrogens with one attached hydrogen (secondary N) is 1. The molecule has 21 heavy (non-hydrogen) atoms. The summed E-state index contributed by atoms with van der Waals surface area (Å²) >= 11 is 0. The average Bonchev–Trinajstić information content (AvgIpc) is 3.07. The minimum Gasteiger partial charge on any atom is -0.408 e. The number of hydrogen-bond donors (Lipinski definition) is 1. The lowest BCUT2D eigenvalue weighted by Gasteiger charge is -2.17. The largest absolute Gasteiger partial charge is 0.408 e. The molecule has 2 aromatic rings. The maximum absolute atomic E-state index is 12.2. The second kappa shape index (κ2) is 5.67. The molecule has 0 radical (unpaired) electrons. The summed E-state index contributed by atoms with van der Waals surface area (Å²) in [5, 5.41) is 14.7. The third-order valence-electron chi connectivity index (χ3n) is 3.95. The highest BCUT2D eigenvalue weighted by atomic mass is 16.4. The van der Waals surface area contributed by atoms with Gasteiger partial charge in [0.2, 0.25) is 5.89 Å². The van der Waals surface area contributed by atoms with Crippen LogP contribution in [0, 0.1) is 6.92 Å². The van der Waals surface area contributed by atoms with Gasteiger partial charge in [-0.1, -0.05) is 24.4 Å². The van der Waals surface area contributed by atoms with Gasteiger partial charge in [-0.3, -0.25) is 14.8 Å². The molecular weight excluding hydrogens is 270 g/mol. The molecule has 1 aliphatic carbocycles. The third kappa shape index (κ3) is 2.81. The van der Waals surface area contributed by atoms with Gasteiger partial charge in [0.05, 0.1) is 6.20 Å². The zero-order valence-corrected chi connectivity index (χ0v) is 12.3. The average molecular weight is 289 g/mol. The summed E-state index contributed by atoms with van der Waals surface area (Å²) < 4.78 is 7.12. The van der Waals surface area contributed by atoms with E-state index in [1.54, 1.807) is 13.2 Å². The molecule has 0 aliphatic heterocycles. The fraction of sp³-hybridized carbons (Fsp3) is 0.571. The van der Waals surface area contributed by atoms with Gasteiger partial charge in [-0.2, -0.15) is 5.10 Å². The monoisotopic (exact) mass is 289 g/mol. The van der Waals surface area contributed by atoms with Crippen LogP contribution in [0.1, 0.15) is 60.0 Å². The third-order valence-corrected chi connectivity index (χ3v) is 3.95. The van der Waals surface area contributed by atoms with E-state index in [2.05, 4.69) is 20.6 Å². The SMILES string of the molecule is Cc1cnn(C)c1C(=O)Nc1nnc(C2CCCCC2)o1. The topological polar surface area (TPSA) is 85.8 Å². The molecule has 7 heteroatoms. The number of carbonyl (C=O) groups excluding carboxylic acids is 1.